The van der Waals surface area contributed by atoms with Crippen LogP contribution in [0.15, 0.2) is 49.0 Å². The molecule has 3 amide bonds. The number of hydrogen-bond acceptors (Lipinski definition) is 5. The van der Waals surface area contributed by atoms with Crippen molar-refractivity contribution >= 4 is 53.0 Å². The maximum absolute atomic E-state index is 14.3. The third kappa shape index (κ3) is 9.30. The van der Waals surface area contributed by atoms with Crippen molar-refractivity contribution < 1.29 is 19.1 Å². The molecule has 40 heavy (non-hydrogen) atoms. The number of thioether (sulfide) groups is 1. The zero-order valence-electron chi connectivity index (χ0n) is 24.5. The predicted molar refractivity (Wildman–Crippen MR) is 167 cm³/mol. The SMILES string of the molecule is C=Cc1cccc(C(C(=O)Nc2c(C)cccc2Cl)N(C(=O)C(CCSC)NC(=O)OC(C)(C)C)C(C)CC)c1. The number of amides is 3. The lowest BCUT2D eigenvalue weighted by Gasteiger charge is -2.38. The van der Waals surface area contributed by atoms with Gasteiger partial charge in [-0.05, 0) is 88.3 Å². The van der Waals surface area contributed by atoms with Crippen LogP contribution in [0.5, 0.6) is 0 Å². The maximum atomic E-state index is 14.3. The second kappa shape index (κ2) is 15.1. The van der Waals surface area contributed by atoms with Gasteiger partial charge in [-0.2, -0.15) is 11.8 Å². The van der Waals surface area contributed by atoms with E-state index in [9.17, 15) is 14.4 Å². The van der Waals surface area contributed by atoms with Crippen molar-refractivity contribution in [3.8, 4) is 0 Å². The van der Waals surface area contributed by atoms with Crippen LogP contribution in [0.2, 0.25) is 5.02 Å². The van der Waals surface area contributed by atoms with Crippen molar-refractivity contribution in [2.45, 2.75) is 78.1 Å². The molecular formula is C31H42ClN3O4S. The number of halogens is 1. The number of para-hydroxylation sites is 1. The van der Waals surface area contributed by atoms with Gasteiger partial charge in [0.15, 0.2) is 0 Å². The first-order valence-electron chi connectivity index (χ1n) is 13.4. The molecule has 3 unspecified atom stereocenters. The molecule has 2 aromatic carbocycles. The normalized spacial score (nSPS) is 13.5. The minimum absolute atomic E-state index is 0.333. The van der Waals surface area contributed by atoms with Gasteiger partial charge in [-0.1, -0.05) is 61.5 Å². The molecule has 0 radical (unpaired) electrons. The highest BCUT2D eigenvalue weighted by Gasteiger charge is 2.38. The van der Waals surface area contributed by atoms with Gasteiger partial charge >= 0.3 is 6.09 Å². The first kappa shape index (κ1) is 33.2. The Balaban J connectivity index is 2.63. The zero-order chi connectivity index (χ0) is 30.0. The Morgan fingerprint density at radius 3 is 2.42 bits per heavy atom. The Morgan fingerprint density at radius 1 is 1.18 bits per heavy atom. The molecule has 0 aliphatic carbocycles. The van der Waals surface area contributed by atoms with Gasteiger partial charge in [-0.15, -0.1) is 0 Å². The summed E-state index contributed by atoms with van der Waals surface area (Å²) in [7, 11) is 0. The van der Waals surface area contributed by atoms with E-state index in [1.54, 1.807) is 49.6 Å². The average molecular weight is 588 g/mol. The summed E-state index contributed by atoms with van der Waals surface area (Å²) in [5.41, 5.74) is 1.99. The molecule has 218 valence electrons. The number of carbonyl (C=O) groups is 3. The quantitative estimate of drug-likeness (QED) is 0.273. The van der Waals surface area contributed by atoms with Crippen LogP contribution in [-0.4, -0.2) is 52.5 Å². The second-order valence-electron chi connectivity index (χ2n) is 10.7. The molecule has 3 atom stereocenters. The van der Waals surface area contributed by atoms with Crippen LogP contribution < -0.4 is 10.6 Å². The van der Waals surface area contributed by atoms with Gasteiger partial charge in [0.05, 0.1) is 10.7 Å². The molecule has 2 rings (SSSR count). The molecule has 7 nitrogen and oxygen atoms in total. The minimum Gasteiger partial charge on any atom is -0.444 e. The topological polar surface area (TPSA) is 87.7 Å². The number of nitrogens with zero attached hydrogens (tertiary/aromatic N) is 1. The Morgan fingerprint density at radius 2 is 1.85 bits per heavy atom. The summed E-state index contributed by atoms with van der Waals surface area (Å²) < 4.78 is 5.46. The summed E-state index contributed by atoms with van der Waals surface area (Å²) in [5.74, 6) is -0.149. The smallest absolute Gasteiger partial charge is 0.408 e. The lowest BCUT2D eigenvalue weighted by molar-refractivity contribution is -0.143. The van der Waals surface area contributed by atoms with E-state index in [2.05, 4.69) is 17.2 Å². The van der Waals surface area contributed by atoms with Crippen LogP contribution in [0.3, 0.4) is 0 Å². The van der Waals surface area contributed by atoms with Gasteiger partial charge < -0.3 is 20.3 Å². The van der Waals surface area contributed by atoms with Gasteiger partial charge in [-0.3, -0.25) is 9.59 Å². The fourth-order valence-corrected chi connectivity index (χ4v) is 4.94. The molecule has 0 saturated carbocycles. The van der Waals surface area contributed by atoms with E-state index in [4.69, 9.17) is 16.3 Å². The average Bonchev–Trinajstić information content (AvgIpc) is 2.89. The summed E-state index contributed by atoms with van der Waals surface area (Å²) in [6.45, 7) is 14.9. The van der Waals surface area contributed by atoms with E-state index >= 15 is 0 Å². The Kier molecular flexibility index (Phi) is 12.6. The Bertz CT molecular complexity index is 1180. The first-order valence-corrected chi connectivity index (χ1v) is 15.2. The lowest BCUT2D eigenvalue weighted by Crippen LogP contribution is -2.55. The number of ether oxygens (including phenoxy) is 1. The minimum atomic E-state index is -1.00. The van der Waals surface area contributed by atoms with Crippen LogP contribution in [0.1, 0.15) is 70.2 Å². The Labute approximate surface area is 248 Å². The molecule has 0 fully saturated rings. The van der Waals surface area contributed by atoms with Gasteiger partial charge in [0.25, 0.3) is 5.91 Å². The van der Waals surface area contributed by atoms with E-state index in [1.807, 2.05) is 63.4 Å². The highest BCUT2D eigenvalue weighted by atomic mass is 35.5. The molecule has 0 aromatic heterocycles. The van der Waals surface area contributed by atoms with Crippen LogP contribution in [0, 0.1) is 6.92 Å². The third-order valence-corrected chi connectivity index (χ3v) is 7.34. The number of anilines is 1. The summed E-state index contributed by atoms with van der Waals surface area (Å²) in [6.07, 6.45) is 3.90. The van der Waals surface area contributed by atoms with Crippen LogP contribution in [-0.2, 0) is 14.3 Å². The van der Waals surface area contributed by atoms with Crippen LogP contribution in [0.25, 0.3) is 6.08 Å². The first-order chi connectivity index (χ1) is 18.8. The van der Waals surface area contributed by atoms with Crippen molar-refractivity contribution in [2.24, 2.45) is 0 Å². The standard InChI is InChI=1S/C31H42ClN3O4S/c1-9-21(4)35(29(37)25(17-18-40-8)33-30(38)39-31(5,6)7)27(23-15-12-14-22(10-2)19-23)28(36)34-26-20(3)13-11-16-24(26)32/h10-16,19,21,25,27H,2,9,17-18H2,1,3-8H3,(H,33,38)(H,34,36). The van der Waals surface area contributed by atoms with Crippen LogP contribution >= 0.6 is 23.4 Å². The molecule has 2 N–H and O–H groups in total. The number of nitrogens with one attached hydrogen (secondary N) is 2. The van der Waals surface area contributed by atoms with Gasteiger partial charge in [0, 0.05) is 6.04 Å². The third-order valence-electron chi connectivity index (χ3n) is 6.38. The molecular weight excluding hydrogens is 546 g/mol. The van der Waals surface area contributed by atoms with Crippen molar-refractivity contribution in [1.29, 1.82) is 0 Å². The molecule has 0 heterocycles. The molecule has 0 bridgehead atoms. The number of carbonyl (C=O) groups excluding carboxylic acids is 3. The molecule has 0 aliphatic heterocycles. The molecule has 0 aliphatic rings. The maximum Gasteiger partial charge on any atom is 0.408 e. The molecule has 0 saturated heterocycles. The summed E-state index contributed by atoms with van der Waals surface area (Å²) in [4.78, 5) is 42.8. The number of alkyl carbamates (subject to hydrolysis) is 1. The van der Waals surface area contributed by atoms with Crippen molar-refractivity contribution in [3.63, 3.8) is 0 Å². The lowest BCUT2D eigenvalue weighted by atomic mass is 9.97. The van der Waals surface area contributed by atoms with Crippen molar-refractivity contribution in [3.05, 3.63) is 70.8 Å². The fourth-order valence-electron chi connectivity index (χ4n) is 4.19. The van der Waals surface area contributed by atoms with E-state index in [1.165, 1.54) is 0 Å². The monoisotopic (exact) mass is 587 g/mol. The largest absolute Gasteiger partial charge is 0.444 e. The van der Waals surface area contributed by atoms with Gasteiger partial charge in [0.1, 0.15) is 17.7 Å². The number of hydrogen-bond donors (Lipinski definition) is 2. The van der Waals surface area contributed by atoms with E-state index in [0.29, 0.717) is 34.9 Å². The molecule has 0 spiro atoms. The van der Waals surface area contributed by atoms with E-state index < -0.39 is 29.7 Å². The number of benzene rings is 2. The summed E-state index contributed by atoms with van der Waals surface area (Å²) in [5, 5.41) is 6.15. The van der Waals surface area contributed by atoms with Crippen molar-refractivity contribution in [2.75, 3.05) is 17.3 Å². The molecule has 9 heteroatoms. The van der Waals surface area contributed by atoms with Crippen molar-refractivity contribution in [1.82, 2.24) is 10.2 Å². The Hall–Kier alpha value is -2.97. The van der Waals surface area contributed by atoms with Crippen LogP contribution in [0.4, 0.5) is 10.5 Å². The highest BCUT2D eigenvalue weighted by molar-refractivity contribution is 7.98. The number of aryl methyl sites for hydroxylation is 1. The predicted octanol–water partition coefficient (Wildman–Crippen LogP) is 7.24. The second-order valence-corrected chi connectivity index (χ2v) is 12.1. The zero-order valence-corrected chi connectivity index (χ0v) is 26.1. The van der Waals surface area contributed by atoms with E-state index in [-0.39, 0.29) is 11.9 Å². The number of rotatable bonds is 12. The van der Waals surface area contributed by atoms with E-state index in [0.717, 1.165) is 11.1 Å². The van der Waals surface area contributed by atoms with Gasteiger partial charge in [-0.25, -0.2) is 4.79 Å². The summed E-state index contributed by atoms with van der Waals surface area (Å²) >= 11 is 8.02. The highest BCUT2D eigenvalue weighted by Crippen LogP contribution is 2.31. The summed E-state index contributed by atoms with van der Waals surface area (Å²) in [6, 6.07) is 10.5. The van der Waals surface area contributed by atoms with Gasteiger partial charge in [0.2, 0.25) is 5.91 Å². The molecule has 2 aromatic rings. The fraction of sp³-hybridized carbons (Fsp3) is 0.452.